The average molecular weight is 711 g/mol. The molecule has 1 saturated heterocycles. The Morgan fingerprint density at radius 1 is 0.980 bits per heavy atom. The summed E-state index contributed by atoms with van der Waals surface area (Å²) < 4.78 is 59.3. The van der Waals surface area contributed by atoms with Gasteiger partial charge in [0.1, 0.15) is 17.8 Å². The van der Waals surface area contributed by atoms with Crippen molar-refractivity contribution in [1.82, 2.24) is 19.8 Å². The van der Waals surface area contributed by atoms with Crippen molar-refractivity contribution < 1.29 is 37.0 Å². The number of piperazine rings is 1. The number of rotatable bonds is 10. The van der Waals surface area contributed by atoms with E-state index < -0.39 is 17.6 Å². The van der Waals surface area contributed by atoms with Crippen LogP contribution in [0.3, 0.4) is 0 Å². The number of ether oxygens (including phenoxy) is 3. The minimum atomic E-state index is -4.61. The SMILES string of the molecule is CCN1CCN(Cc2ccc(NC(=O)c3ccc(Cl)c(Oc4ncnc5c4OCC(=O)N5Cc4ccc(OC)cc4)c3)cc2C(F)(F)F)CC1. The van der Waals surface area contributed by atoms with Gasteiger partial charge in [0.25, 0.3) is 17.7 Å². The molecule has 11 nitrogen and oxygen atoms in total. The number of carbonyl (C=O) groups excluding carboxylic acids is 2. The predicted octanol–water partition coefficient (Wildman–Crippen LogP) is 6.27. The molecule has 0 spiro atoms. The van der Waals surface area contributed by atoms with Gasteiger partial charge >= 0.3 is 6.18 Å². The van der Waals surface area contributed by atoms with Crippen LogP contribution in [0.25, 0.3) is 0 Å². The zero-order valence-corrected chi connectivity index (χ0v) is 28.1. The van der Waals surface area contributed by atoms with Crippen LogP contribution in [0.1, 0.15) is 34.0 Å². The largest absolute Gasteiger partial charge is 0.497 e. The third-order valence-electron chi connectivity index (χ3n) is 8.53. The van der Waals surface area contributed by atoms with Gasteiger partial charge in [-0.1, -0.05) is 36.7 Å². The van der Waals surface area contributed by atoms with Crippen molar-refractivity contribution in [2.45, 2.75) is 26.2 Å². The van der Waals surface area contributed by atoms with Crippen LogP contribution >= 0.6 is 11.6 Å². The molecular weight excluding hydrogens is 677 g/mol. The minimum Gasteiger partial charge on any atom is -0.497 e. The Labute approximate surface area is 291 Å². The van der Waals surface area contributed by atoms with Crippen LogP contribution < -0.4 is 24.4 Å². The molecule has 2 aliphatic heterocycles. The van der Waals surface area contributed by atoms with Gasteiger partial charge in [-0.05, 0) is 60.1 Å². The lowest BCUT2D eigenvalue weighted by Gasteiger charge is -2.34. The van der Waals surface area contributed by atoms with Crippen molar-refractivity contribution >= 4 is 34.9 Å². The zero-order valence-electron chi connectivity index (χ0n) is 27.3. The first-order chi connectivity index (χ1) is 24.0. The fraction of sp³-hybridized carbons (Fsp3) is 0.314. The molecule has 0 atom stereocenters. The molecule has 1 aromatic heterocycles. The number of hydrogen-bond acceptors (Lipinski definition) is 9. The lowest BCUT2D eigenvalue weighted by Crippen LogP contribution is -2.45. The third-order valence-corrected chi connectivity index (χ3v) is 8.84. The van der Waals surface area contributed by atoms with Crippen LogP contribution in [-0.4, -0.2) is 78.0 Å². The Morgan fingerprint density at radius 3 is 2.42 bits per heavy atom. The maximum absolute atomic E-state index is 14.1. The van der Waals surface area contributed by atoms with Crippen LogP contribution in [0.4, 0.5) is 24.7 Å². The maximum atomic E-state index is 14.1. The fourth-order valence-electron chi connectivity index (χ4n) is 5.74. The van der Waals surface area contributed by atoms with Crippen LogP contribution in [-0.2, 0) is 24.1 Å². The van der Waals surface area contributed by atoms with E-state index in [9.17, 15) is 22.8 Å². The van der Waals surface area contributed by atoms with Crippen molar-refractivity contribution in [3.8, 4) is 23.1 Å². The number of likely N-dealkylation sites (N-methyl/N-ethyl adjacent to an activating group) is 1. The molecule has 3 heterocycles. The van der Waals surface area contributed by atoms with E-state index in [1.807, 2.05) is 17.0 Å². The summed E-state index contributed by atoms with van der Waals surface area (Å²) in [6, 6.07) is 15.2. The first-order valence-corrected chi connectivity index (χ1v) is 16.2. The Balaban J connectivity index is 1.19. The smallest absolute Gasteiger partial charge is 0.416 e. The van der Waals surface area contributed by atoms with E-state index in [2.05, 4.69) is 27.1 Å². The molecule has 0 unspecified atom stereocenters. The summed E-state index contributed by atoms with van der Waals surface area (Å²) in [4.78, 5) is 40.2. The number of nitrogens with one attached hydrogen (secondary N) is 1. The molecule has 3 aromatic carbocycles. The number of fused-ring (bicyclic) bond motifs is 1. The third kappa shape index (κ3) is 7.93. The number of nitrogens with zero attached hydrogens (tertiary/aromatic N) is 5. The molecule has 15 heteroatoms. The summed E-state index contributed by atoms with van der Waals surface area (Å²) in [5.41, 5.74) is 0.205. The molecule has 0 radical (unpaired) electrons. The van der Waals surface area contributed by atoms with E-state index in [4.69, 9.17) is 25.8 Å². The van der Waals surface area contributed by atoms with Gasteiger partial charge in [0.15, 0.2) is 12.4 Å². The zero-order chi connectivity index (χ0) is 35.4. The van der Waals surface area contributed by atoms with Crippen molar-refractivity contribution in [2.24, 2.45) is 0 Å². The second-order valence-corrected chi connectivity index (χ2v) is 12.1. The summed E-state index contributed by atoms with van der Waals surface area (Å²) in [5, 5.41) is 2.68. The first-order valence-electron chi connectivity index (χ1n) is 15.9. The molecule has 0 saturated carbocycles. The van der Waals surface area contributed by atoms with Gasteiger partial charge in [-0.25, -0.2) is 4.98 Å². The molecule has 6 rings (SSSR count). The average Bonchev–Trinajstić information content (AvgIpc) is 3.11. The van der Waals surface area contributed by atoms with E-state index in [1.54, 1.807) is 19.2 Å². The highest BCUT2D eigenvalue weighted by Crippen LogP contribution is 2.41. The van der Waals surface area contributed by atoms with Crippen LogP contribution in [0.2, 0.25) is 5.02 Å². The standard InChI is InChI=1S/C35H34ClF3N6O5/c1-3-43-12-14-44(15-13-43)19-24-6-8-25(17-27(24)35(37,38)39)42-33(47)23-7-11-28(36)29(16-23)50-34-31-32(40-21-41-34)45(30(46)20-49-31)18-22-4-9-26(48-2)10-5-22/h4-11,16-17,21H,3,12-15,18-20H2,1-2H3,(H,42,47). The number of methoxy groups -OCH3 is 1. The van der Waals surface area contributed by atoms with Gasteiger partial charge in [0.2, 0.25) is 5.75 Å². The van der Waals surface area contributed by atoms with E-state index >= 15 is 0 Å². The second kappa shape index (κ2) is 14.9. The van der Waals surface area contributed by atoms with E-state index in [0.717, 1.165) is 31.3 Å². The van der Waals surface area contributed by atoms with E-state index in [0.29, 0.717) is 18.8 Å². The number of halogens is 4. The predicted molar refractivity (Wildman–Crippen MR) is 180 cm³/mol. The van der Waals surface area contributed by atoms with Gasteiger partial charge in [-0.2, -0.15) is 18.2 Å². The van der Waals surface area contributed by atoms with Gasteiger partial charge in [-0.15, -0.1) is 0 Å². The number of amides is 2. The topological polar surface area (TPSA) is 109 Å². The van der Waals surface area contributed by atoms with Crippen molar-refractivity contribution in [2.75, 3.05) is 56.7 Å². The summed E-state index contributed by atoms with van der Waals surface area (Å²) in [5.74, 6) is -0.0892. The number of carbonyl (C=O) groups is 2. The molecule has 1 N–H and O–H groups in total. The van der Waals surface area contributed by atoms with Crippen LogP contribution in [0.15, 0.2) is 67.0 Å². The van der Waals surface area contributed by atoms with Crippen molar-refractivity contribution in [1.29, 1.82) is 0 Å². The van der Waals surface area contributed by atoms with E-state index in [1.165, 1.54) is 41.6 Å². The van der Waals surface area contributed by atoms with Gasteiger partial charge in [0.05, 0.1) is 24.2 Å². The first kappa shape index (κ1) is 34.9. The molecular formula is C35H34ClF3N6O5. The summed E-state index contributed by atoms with van der Waals surface area (Å²) in [7, 11) is 1.56. The molecule has 2 aliphatic rings. The minimum absolute atomic E-state index is 0.0146. The van der Waals surface area contributed by atoms with Gasteiger partial charge in [0, 0.05) is 44.0 Å². The number of benzene rings is 3. The van der Waals surface area contributed by atoms with Crippen LogP contribution in [0.5, 0.6) is 23.1 Å². The lowest BCUT2D eigenvalue weighted by atomic mass is 10.0. The molecule has 262 valence electrons. The quantitative estimate of drug-likeness (QED) is 0.204. The fourth-order valence-corrected chi connectivity index (χ4v) is 5.89. The van der Waals surface area contributed by atoms with Crippen molar-refractivity contribution in [3.05, 3.63) is 94.3 Å². The molecule has 1 fully saturated rings. The highest BCUT2D eigenvalue weighted by molar-refractivity contribution is 6.32. The molecule has 50 heavy (non-hydrogen) atoms. The Kier molecular flexibility index (Phi) is 10.4. The second-order valence-electron chi connectivity index (χ2n) is 11.7. The highest BCUT2D eigenvalue weighted by atomic mass is 35.5. The maximum Gasteiger partial charge on any atom is 0.416 e. The van der Waals surface area contributed by atoms with Crippen LogP contribution in [0, 0.1) is 0 Å². The highest BCUT2D eigenvalue weighted by Gasteiger charge is 2.35. The van der Waals surface area contributed by atoms with E-state index in [-0.39, 0.29) is 70.6 Å². The molecule has 0 aliphatic carbocycles. The summed E-state index contributed by atoms with van der Waals surface area (Å²) in [6.07, 6.45) is -3.41. The molecule has 0 bridgehead atoms. The lowest BCUT2D eigenvalue weighted by molar-refractivity contribution is -0.138. The number of aromatic nitrogens is 2. The summed E-state index contributed by atoms with van der Waals surface area (Å²) in [6.45, 7) is 5.97. The number of anilines is 2. The summed E-state index contributed by atoms with van der Waals surface area (Å²) >= 11 is 6.42. The Morgan fingerprint density at radius 2 is 1.72 bits per heavy atom. The number of hydrogen-bond donors (Lipinski definition) is 1. The van der Waals surface area contributed by atoms with Crippen molar-refractivity contribution in [3.63, 3.8) is 0 Å². The van der Waals surface area contributed by atoms with Gasteiger partial charge < -0.3 is 24.4 Å². The molecule has 4 aromatic rings. The number of alkyl halides is 3. The van der Waals surface area contributed by atoms with Gasteiger partial charge in [-0.3, -0.25) is 19.4 Å². The monoisotopic (exact) mass is 710 g/mol. The Bertz CT molecular complexity index is 1870. The Hall–Kier alpha value is -4.92. The normalized spacial score (nSPS) is 15.3. The molecule has 2 amide bonds.